The number of nitrogens with zero attached hydrogens (tertiary/aromatic N) is 5. The topological polar surface area (TPSA) is 82.9 Å². The van der Waals surface area contributed by atoms with Gasteiger partial charge in [0.2, 0.25) is 0 Å². The number of benzene rings is 1. The van der Waals surface area contributed by atoms with E-state index in [4.69, 9.17) is 16.3 Å². The van der Waals surface area contributed by atoms with Crippen molar-refractivity contribution in [2.24, 2.45) is 0 Å². The number of amides is 2. The molecule has 13 heteroatoms. The van der Waals surface area contributed by atoms with E-state index in [1.165, 1.54) is 0 Å². The molecule has 1 aliphatic carbocycles. The Morgan fingerprint density at radius 2 is 1.84 bits per heavy atom. The molecular formula is C31H38ClF3N6O3. The third-order valence-corrected chi connectivity index (χ3v) is 8.92. The molecule has 2 fully saturated rings. The summed E-state index contributed by atoms with van der Waals surface area (Å²) in [4.78, 5) is 29.9. The molecule has 2 saturated heterocycles. The average Bonchev–Trinajstić information content (AvgIpc) is 3.49. The van der Waals surface area contributed by atoms with Crippen LogP contribution in [0, 0.1) is 0 Å². The van der Waals surface area contributed by atoms with Gasteiger partial charge in [-0.2, -0.15) is 18.3 Å². The predicted octanol–water partition coefficient (Wildman–Crippen LogP) is 5.37. The van der Waals surface area contributed by atoms with Gasteiger partial charge in [0.15, 0.2) is 5.69 Å². The summed E-state index contributed by atoms with van der Waals surface area (Å²) < 4.78 is 48.8. The minimum atomic E-state index is -4.79. The number of urea groups is 1. The van der Waals surface area contributed by atoms with Crippen molar-refractivity contribution < 1.29 is 27.5 Å². The van der Waals surface area contributed by atoms with Crippen LogP contribution in [0.2, 0.25) is 0 Å². The Kier molecular flexibility index (Phi) is 9.59. The van der Waals surface area contributed by atoms with Crippen LogP contribution in [0.4, 0.5) is 18.0 Å². The van der Waals surface area contributed by atoms with Gasteiger partial charge in [-0.05, 0) is 38.3 Å². The van der Waals surface area contributed by atoms with Gasteiger partial charge >= 0.3 is 18.2 Å². The molecule has 1 aromatic heterocycles. The summed E-state index contributed by atoms with van der Waals surface area (Å²) in [5.74, 6) is -1.04. The second kappa shape index (κ2) is 13.2. The maximum Gasteiger partial charge on any atom is 0.433 e. The zero-order valence-corrected chi connectivity index (χ0v) is 25.7. The standard InChI is InChI=1S/C31H38ClF3N6O3/c1-3-36-29(43)38-15-17-40(18-16-38)30(32)13-12-24(22-9-6-5-7-10-22)26(19-30)39-14-8-11-23(21-39)41-27(31(33,34)35)25(20-37-41)28(42)44-4-2/h5-7,9-10,12-13,20,23H,3-4,8,11,14-19,21H2,1-2H3,(H,36,43). The molecule has 2 amide bonds. The van der Waals surface area contributed by atoms with Gasteiger partial charge < -0.3 is 19.9 Å². The number of esters is 1. The first-order chi connectivity index (χ1) is 21.1. The van der Waals surface area contributed by atoms with Gasteiger partial charge in [0.25, 0.3) is 0 Å². The number of carbonyl (C=O) groups is 2. The number of allylic oxidation sites excluding steroid dienone is 2. The summed E-state index contributed by atoms with van der Waals surface area (Å²) in [5.41, 5.74) is 1.23. The number of likely N-dealkylation sites (tertiary alicyclic amines) is 1. The number of aromatic nitrogens is 2. The highest BCUT2D eigenvalue weighted by Crippen LogP contribution is 2.43. The van der Waals surface area contributed by atoms with Crippen LogP contribution in [0.5, 0.6) is 0 Å². The van der Waals surface area contributed by atoms with Gasteiger partial charge in [0, 0.05) is 63.5 Å². The molecule has 0 spiro atoms. The maximum absolute atomic E-state index is 14.3. The molecular weight excluding hydrogens is 597 g/mol. The van der Waals surface area contributed by atoms with E-state index in [2.05, 4.69) is 20.2 Å². The Morgan fingerprint density at radius 1 is 1.11 bits per heavy atom. The highest BCUT2D eigenvalue weighted by molar-refractivity contribution is 6.25. The van der Waals surface area contributed by atoms with Gasteiger partial charge in [-0.25, -0.2) is 9.59 Å². The Labute approximate surface area is 260 Å². The fraction of sp³-hybridized carbons (Fsp3) is 0.516. The number of halogens is 4. The molecule has 2 aliphatic heterocycles. The lowest BCUT2D eigenvalue weighted by molar-refractivity contribution is -0.146. The number of carbonyl (C=O) groups excluding carboxylic acids is 2. The number of ether oxygens (including phenoxy) is 1. The van der Waals surface area contributed by atoms with E-state index in [-0.39, 0.29) is 19.2 Å². The molecule has 2 unspecified atom stereocenters. The molecule has 0 bridgehead atoms. The van der Waals surface area contributed by atoms with Crippen molar-refractivity contribution in [1.82, 2.24) is 29.8 Å². The van der Waals surface area contributed by atoms with Crippen LogP contribution < -0.4 is 5.32 Å². The van der Waals surface area contributed by atoms with Crippen molar-refractivity contribution in [2.75, 3.05) is 52.4 Å². The van der Waals surface area contributed by atoms with Gasteiger partial charge in [-0.1, -0.05) is 48.0 Å². The molecule has 3 aliphatic rings. The van der Waals surface area contributed by atoms with E-state index in [1.54, 1.807) is 11.8 Å². The van der Waals surface area contributed by atoms with Gasteiger partial charge in [-0.3, -0.25) is 9.58 Å². The zero-order chi connectivity index (χ0) is 31.5. The quantitative estimate of drug-likeness (QED) is 0.251. The molecule has 9 nitrogen and oxygen atoms in total. The average molecular weight is 635 g/mol. The molecule has 0 saturated carbocycles. The lowest BCUT2D eigenvalue weighted by atomic mass is 9.90. The van der Waals surface area contributed by atoms with Crippen LogP contribution in [-0.4, -0.2) is 93.9 Å². The Bertz CT molecular complexity index is 1400. The lowest BCUT2D eigenvalue weighted by Gasteiger charge is -2.47. The SMILES string of the molecule is CCNC(=O)N1CCN(C2(Cl)C=CC(c3ccccc3)=C(N3CCCC(n4ncc(C(=O)OCC)c4C(F)(F)F)C3)C2)CC1. The molecule has 0 radical (unpaired) electrons. The third kappa shape index (κ3) is 6.61. The fourth-order valence-electron chi connectivity index (χ4n) is 6.30. The van der Waals surface area contributed by atoms with Crippen LogP contribution in [0.25, 0.3) is 5.57 Å². The zero-order valence-electron chi connectivity index (χ0n) is 24.9. The molecule has 3 heterocycles. The second-order valence-corrected chi connectivity index (χ2v) is 11.8. The largest absolute Gasteiger partial charge is 0.462 e. The Morgan fingerprint density at radius 3 is 2.50 bits per heavy atom. The minimum Gasteiger partial charge on any atom is -0.462 e. The summed E-state index contributed by atoms with van der Waals surface area (Å²) >= 11 is 7.36. The Hall–Kier alpha value is -3.51. The summed E-state index contributed by atoms with van der Waals surface area (Å²) in [6.07, 6.45) is 1.71. The van der Waals surface area contributed by atoms with Crippen molar-refractivity contribution in [3.05, 3.63) is 71.2 Å². The first kappa shape index (κ1) is 31.9. The first-order valence-corrected chi connectivity index (χ1v) is 15.4. The predicted molar refractivity (Wildman–Crippen MR) is 161 cm³/mol. The van der Waals surface area contributed by atoms with Crippen molar-refractivity contribution in [1.29, 1.82) is 0 Å². The normalized spacial score (nSPS) is 23.2. The first-order valence-electron chi connectivity index (χ1n) is 15.1. The van der Waals surface area contributed by atoms with Crippen LogP contribution in [0.1, 0.15) is 60.8 Å². The van der Waals surface area contributed by atoms with Crippen molar-refractivity contribution in [2.45, 2.75) is 50.3 Å². The number of rotatable bonds is 7. The second-order valence-electron chi connectivity index (χ2n) is 11.2. The summed E-state index contributed by atoms with van der Waals surface area (Å²) in [5, 5.41) is 6.91. The van der Waals surface area contributed by atoms with Crippen LogP contribution in [0.3, 0.4) is 0 Å². The number of hydrogen-bond donors (Lipinski definition) is 1. The van der Waals surface area contributed by atoms with Crippen LogP contribution in [0.15, 0.2) is 54.4 Å². The number of alkyl halides is 4. The summed E-state index contributed by atoms with van der Waals surface area (Å²) in [7, 11) is 0. The van der Waals surface area contributed by atoms with Gasteiger partial charge in [-0.15, -0.1) is 0 Å². The third-order valence-electron chi connectivity index (χ3n) is 8.42. The van der Waals surface area contributed by atoms with Crippen LogP contribution >= 0.6 is 11.6 Å². The van der Waals surface area contributed by atoms with Gasteiger partial charge in [0.1, 0.15) is 10.6 Å². The maximum atomic E-state index is 14.3. The molecule has 1 N–H and O–H groups in total. The number of hydrogen-bond acceptors (Lipinski definition) is 6. The monoisotopic (exact) mass is 634 g/mol. The summed E-state index contributed by atoms with van der Waals surface area (Å²) in [6, 6.07) is 9.14. The van der Waals surface area contributed by atoms with E-state index in [9.17, 15) is 22.8 Å². The number of piperazine rings is 1. The van der Waals surface area contributed by atoms with Gasteiger partial charge in [0.05, 0.1) is 18.8 Å². The molecule has 2 aromatic rings. The molecule has 238 valence electrons. The molecule has 5 rings (SSSR count). The van der Waals surface area contributed by atoms with E-state index >= 15 is 0 Å². The molecule has 44 heavy (non-hydrogen) atoms. The smallest absolute Gasteiger partial charge is 0.433 e. The fourth-order valence-corrected chi connectivity index (χ4v) is 6.66. The Balaban J connectivity index is 1.44. The highest BCUT2D eigenvalue weighted by atomic mass is 35.5. The minimum absolute atomic E-state index is 0.0381. The van der Waals surface area contributed by atoms with E-state index in [0.29, 0.717) is 58.5 Å². The van der Waals surface area contributed by atoms with E-state index in [1.807, 2.05) is 49.4 Å². The highest BCUT2D eigenvalue weighted by Gasteiger charge is 2.44. The van der Waals surface area contributed by atoms with E-state index in [0.717, 1.165) is 27.7 Å². The van der Waals surface area contributed by atoms with Crippen LogP contribution in [-0.2, 0) is 10.9 Å². The molecule has 2 atom stereocenters. The number of piperidine rings is 1. The van der Waals surface area contributed by atoms with Crippen molar-refractivity contribution in [3.8, 4) is 0 Å². The van der Waals surface area contributed by atoms with Crippen molar-refractivity contribution >= 4 is 29.2 Å². The summed E-state index contributed by atoms with van der Waals surface area (Å²) in [6.45, 7) is 7.09. The van der Waals surface area contributed by atoms with E-state index < -0.39 is 34.4 Å². The van der Waals surface area contributed by atoms with Crippen molar-refractivity contribution in [3.63, 3.8) is 0 Å². The molecule has 1 aromatic carbocycles. The lowest BCUT2D eigenvalue weighted by Crippen LogP contribution is -2.57. The number of nitrogens with one attached hydrogen (secondary N) is 1.